The molecule has 0 radical (unpaired) electrons. The molecule has 1 aromatic rings. The summed E-state index contributed by atoms with van der Waals surface area (Å²) in [5.74, 6) is 0. The Hall–Kier alpha value is -0.450. The van der Waals surface area contributed by atoms with E-state index >= 15 is 0 Å². The van der Waals surface area contributed by atoms with Crippen molar-refractivity contribution < 1.29 is 4.74 Å². The molecule has 0 spiro atoms. The smallest absolute Gasteiger partial charge is 0.0945 e. The lowest BCUT2D eigenvalue weighted by molar-refractivity contribution is 0.0658. The van der Waals surface area contributed by atoms with Crippen LogP contribution in [0.1, 0.15) is 51.7 Å². The van der Waals surface area contributed by atoms with Gasteiger partial charge in [0.15, 0.2) is 0 Å². The Balaban J connectivity index is 2.76. The van der Waals surface area contributed by atoms with E-state index in [0.717, 1.165) is 19.4 Å². The average Bonchev–Trinajstić information content (AvgIpc) is 2.79. The largest absolute Gasteiger partial charge is 0.380 e. The molecule has 0 amide bonds. The standard InChI is InChI=1S/C15H28N2OS/c1-7-12(18-6)11(16-8-2)9-14-17-13(10-19-14)15(3,4)5/h10-12,16H,7-9H2,1-6H3. The topological polar surface area (TPSA) is 34.2 Å². The van der Waals surface area contributed by atoms with Crippen molar-refractivity contribution in [3.05, 3.63) is 16.1 Å². The first kappa shape index (κ1) is 16.6. The number of hydrogen-bond acceptors (Lipinski definition) is 4. The monoisotopic (exact) mass is 284 g/mol. The van der Waals surface area contributed by atoms with Gasteiger partial charge in [0.05, 0.1) is 16.8 Å². The minimum absolute atomic E-state index is 0.133. The molecular formula is C15H28N2OS. The zero-order valence-corrected chi connectivity index (χ0v) is 13.9. The Kier molecular flexibility index (Phi) is 6.43. The molecule has 2 atom stereocenters. The normalized spacial score (nSPS) is 15.5. The summed E-state index contributed by atoms with van der Waals surface area (Å²) in [5.41, 5.74) is 1.32. The quantitative estimate of drug-likeness (QED) is 0.833. The summed E-state index contributed by atoms with van der Waals surface area (Å²) < 4.78 is 5.57. The Morgan fingerprint density at radius 1 is 1.37 bits per heavy atom. The lowest BCUT2D eigenvalue weighted by atomic mass is 9.93. The Labute approximate surface area is 121 Å². The van der Waals surface area contributed by atoms with Gasteiger partial charge < -0.3 is 10.1 Å². The van der Waals surface area contributed by atoms with Crippen LogP contribution in [-0.4, -0.2) is 30.8 Å². The van der Waals surface area contributed by atoms with E-state index in [0.29, 0.717) is 6.04 Å². The van der Waals surface area contributed by atoms with Gasteiger partial charge in [-0.15, -0.1) is 11.3 Å². The van der Waals surface area contributed by atoms with Crippen LogP contribution in [0.2, 0.25) is 0 Å². The lowest BCUT2D eigenvalue weighted by Crippen LogP contribution is -2.42. The van der Waals surface area contributed by atoms with Gasteiger partial charge in [0.25, 0.3) is 0 Å². The number of methoxy groups -OCH3 is 1. The third-order valence-corrected chi connectivity index (χ3v) is 4.21. The van der Waals surface area contributed by atoms with Gasteiger partial charge in [-0.2, -0.15) is 0 Å². The SMILES string of the molecule is CCNC(Cc1nc(C(C)(C)C)cs1)C(CC)OC. The van der Waals surface area contributed by atoms with Crippen LogP contribution in [0.25, 0.3) is 0 Å². The molecule has 0 saturated heterocycles. The minimum Gasteiger partial charge on any atom is -0.380 e. The van der Waals surface area contributed by atoms with E-state index in [1.54, 1.807) is 18.4 Å². The molecule has 3 nitrogen and oxygen atoms in total. The van der Waals surface area contributed by atoms with Crippen molar-refractivity contribution in [3.63, 3.8) is 0 Å². The van der Waals surface area contributed by atoms with E-state index in [4.69, 9.17) is 9.72 Å². The van der Waals surface area contributed by atoms with Crippen LogP contribution < -0.4 is 5.32 Å². The summed E-state index contributed by atoms with van der Waals surface area (Å²) in [5, 5.41) is 6.91. The van der Waals surface area contributed by atoms with E-state index in [9.17, 15) is 0 Å². The molecule has 2 unspecified atom stereocenters. The van der Waals surface area contributed by atoms with Gasteiger partial charge in [-0.25, -0.2) is 4.98 Å². The Morgan fingerprint density at radius 2 is 2.05 bits per heavy atom. The molecule has 0 saturated carbocycles. The molecule has 0 aliphatic carbocycles. The van der Waals surface area contributed by atoms with E-state index in [-0.39, 0.29) is 11.5 Å². The molecule has 4 heteroatoms. The second-order valence-corrected chi connectivity index (χ2v) is 6.87. The zero-order chi connectivity index (χ0) is 14.5. The molecule has 19 heavy (non-hydrogen) atoms. The second-order valence-electron chi connectivity index (χ2n) is 5.93. The van der Waals surface area contributed by atoms with Crippen LogP contribution >= 0.6 is 11.3 Å². The molecule has 0 fully saturated rings. The highest BCUT2D eigenvalue weighted by molar-refractivity contribution is 7.09. The number of hydrogen-bond donors (Lipinski definition) is 1. The first-order valence-electron chi connectivity index (χ1n) is 7.13. The number of rotatable bonds is 7. The fourth-order valence-electron chi connectivity index (χ4n) is 2.15. The average molecular weight is 284 g/mol. The van der Waals surface area contributed by atoms with Gasteiger partial charge in [0.2, 0.25) is 0 Å². The van der Waals surface area contributed by atoms with Gasteiger partial charge in [0, 0.05) is 30.4 Å². The first-order chi connectivity index (χ1) is 8.92. The van der Waals surface area contributed by atoms with Gasteiger partial charge in [-0.1, -0.05) is 34.6 Å². The van der Waals surface area contributed by atoms with Crippen molar-refractivity contribution in [2.75, 3.05) is 13.7 Å². The van der Waals surface area contributed by atoms with Crippen molar-refractivity contribution in [2.24, 2.45) is 0 Å². The first-order valence-corrected chi connectivity index (χ1v) is 8.01. The fraction of sp³-hybridized carbons (Fsp3) is 0.800. The number of nitrogens with zero attached hydrogens (tertiary/aromatic N) is 1. The van der Waals surface area contributed by atoms with Crippen LogP contribution in [0.4, 0.5) is 0 Å². The summed E-state index contributed by atoms with van der Waals surface area (Å²) in [4.78, 5) is 4.78. The van der Waals surface area contributed by atoms with Crippen LogP contribution in [0.15, 0.2) is 5.38 Å². The van der Waals surface area contributed by atoms with Crippen molar-refractivity contribution in [3.8, 4) is 0 Å². The third kappa shape index (κ3) is 4.86. The maximum Gasteiger partial charge on any atom is 0.0945 e. The number of nitrogens with one attached hydrogen (secondary N) is 1. The molecule has 0 aliphatic rings. The van der Waals surface area contributed by atoms with E-state index in [2.05, 4.69) is 45.3 Å². The predicted molar refractivity (Wildman–Crippen MR) is 83.1 cm³/mol. The molecule has 0 aliphatic heterocycles. The lowest BCUT2D eigenvalue weighted by Gasteiger charge is -2.25. The summed E-state index contributed by atoms with van der Waals surface area (Å²) in [6, 6.07) is 0.346. The van der Waals surface area contributed by atoms with Gasteiger partial charge in [0.1, 0.15) is 0 Å². The summed E-state index contributed by atoms with van der Waals surface area (Å²) >= 11 is 1.76. The van der Waals surface area contributed by atoms with Crippen molar-refractivity contribution in [1.29, 1.82) is 0 Å². The zero-order valence-electron chi connectivity index (χ0n) is 13.1. The molecule has 110 valence electrons. The molecule has 1 N–H and O–H groups in total. The van der Waals surface area contributed by atoms with Crippen molar-refractivity contribution in [2.45, 2.75) is 65.0 Å². The van der Waals surface area contributed by atoms with Gasteiger partial charge in [-0.3, -0.25) is 0 Å². The second kappa shape index (κ2) is 7.36. The minimum atomic E-state index is 0.133. The third-order valence-electron chi connectivity index (χ3n) is 3.33. The molecule has 1 heterocycles. The van der Waals surface area contributed by atoms with Gasteiger partial charge in [-0.05, 0) is 13.0 Å². The molecule has 0 bridgehead atoms. The van der Waals surface area contributed by atoms with E-state index in [1.165, 1.54) is 10.7 Å². The summed E-state index contributed by atoms with van der Waals surface area (Å²) in [6.07, 6.45) is 2.22. The highest BCUT2D eigenvalue weighted by Crippen LogP contribution is 2.25. The predicted octanol–water partition coefficient (Wildman–Crippen LogP) is 3.39. The van der Waals surface area contributed by atoms with Crippen LogP contribution in [0.5, 0.6) is 0 Å². The van der Waals surface area contributed by atoms with Crippen molar-refractivity contribution >= 4 is 11.3 Å². The highest BCUT2D eigenvalue weighted by Gasteiger charge is 2.22. The van der Waals surface area contributed by atoms with Gasteiger partial charge >= 0.3 is 0 Å². The molecule has 0 aromatic carbocycles. The summed E-state index contributed by atoms with van der Waals surface area (Å²) in [7, 11) is 1.79. The molecular weight excluding hydrogens is 256 g/mol. The molecule has 1 aromatic heterocycles. The maximum absolute atomic E-state index is 5.57. The fourth-order valence-corrected chi connectivity index (χ4v) is 3.23. The molecule has 1 rings (SSSR count). The number of ether oxygens (including phenoxy) is 1. The Morgan fingerprint density at radius 3 is 2.47 bits per heavy atom. The Bertz CT molecular complexity index is 366. The number of thiazole rings is 1. The highest BCUT2D eigenvalue weighted by atomic mass is 32.1. The maximum atomic E-state index is 5.57. The summed E-state index contributed by atoms with van der Waals surface area (Å²) in [6.45, 7) is 11.9. The van der Waals surface area contributed by atoms with Crippen molar-refractivity contribution in [1.82, 2.24) is 10.3 Å². The number of aromatic nitrogens is 1. The van der Waals surface area contributed by atoms with Crippen LogP contribution in [0, 0.1) is 0 Å². The van der Waals surface area contributed by atoms with Crippen LogP contribution in [0.3, 0.4) is 0 Å². The number of likely N-dealkylation sites (N-methyl/N-ethyl adjacent to an activating group) is 1. The van der Waals surface area contributed by atoms with E-state index in [1.807, 2.05) is 0 Å². The van der Waals surface area contributed by atoms with E-state index < -0.39 is 0 Å². The van der Waals surface area contributed by atoms with Crippen LogP contribution in [-0.2, 0) is 16.6 Å².